The number of nitrogens with zero attached hydrogens (tertiary/aromatic N) is 1. The Bertz CT molecular complexity index is 1320. The standard InChI is InChI=1S/C31H34N2O6/c1-4-37-28-14-9-23(19-29(28)36-3)10-16-30(34)32-24-11-15-27-26(20-24)33(31(35)21-39-27)17-5-6-18-38-25-12-7-22(2)8-13-25/h7-16,19-20H,4-6,17-18,21H2,1-3H3,(H,32,34)/b16-10+. The third kappa shape index (κ3) is 7.54. The molecule has 2 amide bonds. The highest BCUT2D eigenvalue weighted by Gasteiger charge is 2.25. The Morgan fingerprint density at radius 3 is 2.62 bits per heavy atom. The lowest BCUT2D eigenvalue weighted by molar-refractivity contribution is -0.121. The number of carbonyl (C=O) groups is 2. The van der Waals surface area contributed by atoms with E-state index < -0.39 is 0 Å². The van der Waals surface area contributed by atoms with Crippen molar-refractivity contribution in [2.24, 2.45) is 0 Å². The van der Waals surface area contributed by atoms with Gasteiger partial charge in [0.2, 0.25) is 5.91 Å². The van der Waals surface area contributed by atoms with Gasteiger partial charge in [-0.3, -0.25) is 9.59 Å². The largest absolute Gasteiger partial charge is 0.494 e. The summed E-state index contributed by atoms with van der Waals surface area (Å²) in [5, 5.41) is 2.86. The summed E-state index contributed by atoms with van der Waals surface area (Å²) in [6.07, 6.45) is 4.71. The van der Waals surface area contributed by atoms with Crippen LogP contribution < -0.4 is 29.2 Å². The van der Waals surface area contributed by atoms with Gasteiger partial charge >= 0.3 is 0 Å². The number of aryl methyl sites for hydroxylation is 1. The summed E-state index contributed by atoms with van der Waals surface area (Å²) in [5.41, 5.74) is 3.20. The maximum Gasteiger partial charge on any atom is 0.265 e. The van der Waals surface area contributed by atoms with Gasteiger partial charge in [0.05, 0.1) is 26.0 Å². The molecule has 0 bridgehead atoms. The molecule has 3 aromatic rings. The second-order valence-electron chi connectivity index (χ2n) is 9.05. The van der Waals surface area contributed by atoms with E-state index in [0.717, 1.165) is 24.2 Å². The number of hydrogen-bond acceptors (Lipinski definition) is 6. The van der Waals surface area contributed by atoms with Gasteiger partial charge in [0, 0.05) is 18.3 Å². The van der Waals surface area contributed by atoms with Crippen LogP contribution in [-0.2, 0) is 9.59 Å². The van der Waals surface area contributed by atoms with Crippen molar-refractivity contribution in [3.8, 4) is 23.0 Å². The monoisotopic (exact) mass is 530 g/mol. The fourth-order valence-electron chi connectivity index (χ4n) is 4.14. The summed E-state index contributed by atoms with van der Waals surface area (Å²) in [5.74, 6) is 2.28. The Morgan fingerprint density at radius 1 is 1.03 bits per heavy atom. The van der Waals surface area contributed by atoms with Crippen molar-refractivity contribution in [3.63, 3.8) is 0 Å². The first-order valence-electron chi connectivity index (χ1n) is 13.0. The second-order valence-corrected chi connectivity index (χ2v) is 9.05. The molecule has 0 atom stereocenters. The van der Waals surface area contributed by atoms with Crippen LogP contribution in [0.1, 0.15) is 30.9 Å². The number of benzene rings is 3. The number of anilines is 2. The molecule has 4 rings (SSSR count). The third-order valence-electron chi connectivity index (χ3n) is 6.15. The molecular weight excluding hydrogens is 496 g/mol. The van der Waals surface area contributed by atoms with E-state index in [4.69, 9.17) is 18.9 Å². The number of rotatable bonds is 12. The molecule has 0 spiro atoms. The van der Waals surface area contributed by atoms with Gasteiger partial charge in [-0.25, -0.2) is 0 Å². The van der Waals surface area contributed by atoms with E-state index in [2.05, 4.69) is 5.32 Å². The Morgan fingerprint density at radius 2 is 1.85 bits per heavy atom. The van der Waals surface area contributed by atoms with Crippen LogP contribution in [0.3, 0.4) is 0 Å². The van der Waals surface area contributed by atoms with Gasteiger partial charge in [0.15, 0.2) is 18.1 Å². The van der Waals surface area contributed by atoms with Crippen molar-refractivity contribution in [2.45, 2.75) is 26.7 Å². The molecule has 0 aromatic heterocycles. The van der Waals surface area contributed by atoms with Crippen LogP contribution >= 0.6 is 0 Å². The molecule has 39 heavy (non-hydrogen) atoms. The van der Waals surface area contributed by atoms with Gasteiger partial charge in [-0.2, -0.15) is 0 Å². The molecule has 1 N–H and O–H groups in total. The molecule has 8 nitrogen and oxygen atoms in total. The molecule has 8 heteroatoms. The van der Waals surface area contributed by atoms with Crippen molar-refractivity contribution < 1.29 is 28.5 Å². The fraction of sp³-hybridized carbons (Fsp3) is 0.290. The summed E-state index contributed by atoms with van der Waals surface area (Å²) < 4.78 is 22.3. The Labute approximate surface area is 229 Å². The maximum atomic E-state index is 12.6. The van der Waals surface area contributed by atoms with E-state index in [1.807, 2.05) is 50.2 Å². The van der Waals surface area contributed by atoms with Gasteiger partial charge in [-0.05, 0) is 80.8 Å². The number of unbranched alkanes of at least 4 members (excludes halogenated alkanes) is 1. The van der Waals surface area contributed by atoms with Gasteiger partial charge in [0.25, 0.3) is 5.91 Å². The van der Waals surface area contributed by atoms with E-state index in [0.29, 0.717) is 48.4 Å². The molecule has 0 aliphatic carbocycles. The second kappa shape index (κ2) is 13.4. The highest BCUT2D eigenvalue weighted by atomic mass is 16.5. The summed E-state index contributed by atoms with van der Waals surface area (Å²) in [6, 6.07) is 18.7. The molecule has 0 unspecified atom stereocenters. The van der Waals surface area contributed by atoms with Gasteiger partial charge in [-0.15, -0.1) is 0 Å². The van der Waals surface area contributed by atoms with Crippen molar-refractivity contribution >= 4 is 29.3 Å². The van der Waals surface area contributed by atoms with Gasteiger partial charge in [0.1, 0.15) is 11.5 Å². The molecule has 1 aliphatic heterocycles. The number of nitrogens with one attached hydrogen (secondary N) is 1. The molecule has 1 aliphatic rings. The minimum atomic E-state index is -0.300. The molecule has 0 fully saturated rings. The van der Waals surface area contributed by atoms with Crippen molar-refractivity contribution in [1.82, 2.24) is 0 Å². The van der Waals surface area contributed by atoms with Crippen molar-refractivity contribution in [2.75, 3.05) is 43.7 Å². The molecule has 0 radical (unpaired) electrons. The van der Waals surface area contributed by atoms with E-state index in [1.54, 1.807) is 42.4 Å². The zero-order valence-corrected chi connectivity index (χ0v) is 22.6. The third-order valence-corrected chi connectivity index (χ3v) is 6.15. The highest BCUT2D eigenvalue weighted by Crippen LogP contribution is 2.35. The maximum absolute atomic E-state index is 12.6. The van der Waals surface area contributed by atoms with Crippen molar-refractivity contribution in [3.05, 3.63) is 77.9 Å². The molecule has 0 saturated heterocycles. The van der Waals surface area contributed by atoms with E-state index in [-0.39, 0.29) is 18.4 Å². The smallest absolute Gasteiger partial charge is 0.265 e. The SMILES string of the molecule is CCOc1ccc(/C=C/C(=O)Nc2ccc3c(c2)N(CCCCOc2ccc(C)cc2)C(=O)CO3)cc1OC. The first-order chi connectivity index (χ1) is 19.0. The van der Waals surface area contributed by atoms with Crippen LogP contribution in [0.5, 0.6) is 23.0 Å². The minimum Gasteiger partial charge on any atom is -0.494 e. The Hall–Kier alpha value is -4.46. The van der Waals surface area contributed by atoms with E-state index in [1.165, 1.54) is 11.6 Å². The molecule has 1 heterocycles. The summed E-state index contributed by atoms with van der Waals surface area (Å²) in [6.45, 7) is 5.57. The lowest BCUT2D eigenvalue weighted by atomic mass is 10.1. The lowest BCUT2D eigenvalue weighted by Gasteiger charge is -2.30. The summed E-state index contributed by atoms with van der Waals surface area (Å²) in [4.78, 5) is 27.0. The molecular formula is C31H34N2O6. The first-order valence-corrected chi connectivity index (χ1v) is 13.0. The quantitative estimate of drug-likeness (QED) is 0.241. The Kier molecular flexibility index (Phi) is 9.45. The zero-order chi connectivity index (χ0) is 27.6. The van der Waals surface area contributed by atoms with E-state index in [9.17, 15) is 9.59 Å². The Balaban J connectivity index is 1.34. The van der Waals surface area contributed by atoms with Crippen molar-refractivity contribution in [1.29, 1.82) is 0 Å². The predicted molar refractivity (Wildman–Crippen MR) is 152 cm³/mol. The molecule has 3 aromatic carbocycles. The minimum absolute atomic E-state index is 0.00708. The zero-order valence-electron chi connectivity index (χ0n) is 22.6. The fourth-order valence-corrected chi connectivity index (χ4v) is 4.14. The molecule has 0 saturated carbocycles. The molecule has 204 valence electrons. The first kappa shape index (κ1) is 27.6. The van der Waals surface area contributed by atoms with E-state index >= 15 is 0 Å². The number of ether oxygens (including phenoxy) is 4. The number of methoxy groups -OCH3 is 1. The van der Waals surface area contributed by atoms with Crippen LogP contribution in [-0.4, -0.2) is 45.3 Å². The number of hydrogen-bond donors (Lipinski definition) is 1. The lowest BCUT2D eigenvalue weighted by Crippen LogP contribution is -2.39. The number of carbonyl (C=O) groups excluding carboxylic acids is 2. The van der Waals surface area contributed by atoms with Crippen LogP contribution in [0.25, 0.3) is 6.08 Å². The summed E-state index contributed by atoms with van der Waals surface area (Å²) >= 11 is 0. The average molecular weight is 531 g/mol. The average Bonchev–Trinajstić information content (AvgIpc) is 2.94. The van der Waals surface area contributed by atoms with Gasteiger partial charge in [-0.1, -0.05) is 23.8 Å². The van der Waals surface area contributed by atoms with Crippen LogP contribution in [0.15, 0.2) is 66.7 Å². The number of fused-ring (bicyclic) bond motifs is 1. The number of amides is 2. The topological polar surface area (TPSA) is 86.3 Å². The van der Waals surface area contributed by atoms with Crippen LogP contribution in [0, 0.1) is 6.92 Å². The normalized spacial score (nSPS) is 12.6. The van der Waals surface area contributed by atoms with Gasteiger partial charge < -0.3 is 29.2 Å². The predicted octanol–water partition coefficient (Wildman–Crippen LogP) is 5.64. The van der Waals surface area contributed by atoms with Crippen LogP contribution in [0.2, 0.25) is 0 Å². The van der Waals surface area contributed by atoms with Crippen LogP contribution in [0.4, 0.5) is 11.4 Å². The summed E-state index contributed by atoms with van der Waals surface area (Å²) in [7, 11) is 1.57. The highest BCUT2D eigenvalue weighted by molar-refractivity contribution is 6.03.